The van der Waals surface area contributed by atoms with Crippen molar-refractivity contribution in [3.8, 4) is 44.9 Å². The van der Waals surface area contributed by atoms with Gasteiger partial charge in [0.1, 0.15) is 17.1 Å². The lowest BCUT2D eigenvalue weighted by Gasteiger charge is -2.40. The molecule has 1 spiro atoms. The van der Waals surface area contributed by atoms with E-state index in [1.807, 2.05) is 18.4 Å². The van der Waals surface area contributed by atoms with Gasteiger partial charge in [-0.1, -0.05) is 176 Å². The minimum absolute atomic E-state index is 0.623. The molecule has 10 aromatic carbocycles. The third-order valence-electron chi connectivity index (χ3n) is 13.2. The summed E-state index contributed by atoms with van der Waals surface area (Å²) in [5, 5.41) is 5.64. The lowest BCUT2D eigenvalue weighted by atomic mass is 9.65. The quantitative estimate of drug-likeness (QED) is 0.174. The van der Waals surface area contributed by atoms with Gasteiger partial charge in [0.2, 0.25) is 0 Å². The Morgan fingerprint density at radius 3 is 1.63 bits per heavy atom. The van der Waals surface area contributed by atoms with E-state index in [-0.39, 0.29) is 0 Å². The summed E-state index contributed by atoms with van der Waals surface area (Å²) in [5.41, 5.74) is 15.2. The highest BCUT2D eigenvalue weighted by molar-refractivity contribution is 6.01. The first-order valence-electron chi connectivity index (χ1n) is 21.2. The molecule has 0 radical (unpaired) electrons. The maximum atomic E-state index is 7.20. The van der Waals surface area contributed by atoms with Crippen molar-refractivity contribution in [2.24, 2.45) is 0 Å². The van der Waals surface area contributed by atoms with Gasteiger partial charge in [-0.2, -0.15) is 0 Å². The molecule has 3 nitrogen and oxygen atoms in total. The van der Waals surface area contributed by atoms with Gasteiger partial charge in [-0.15, -0.1) is 0 Å². The van der Waals surface area contributed by atoms with Crippen molar-refractivity contribution in [3.05, 3.63) is 247 Å². The van der Waals surface area contributed by atoms with E-state index in [1.165, 1.54) is 27.8 Å². The molecule has 0 saturated carbocycles. The Labute approximate surface area is 359 Å². The molecule has 1 aliphatic carbocycles. The Kier molecular flexibility index (Phi) is 7.52. The highest BCUT2D eigenvalue weighted by Crippen LogP contribution is 2.64. The van der Waals surface area contributed by atoms with Gasteiger partial charge < -0.3 is 14.1 Å². The van der Waals surface area contributed by atoms with Crippen LogP contribution in [0.4, 0.5) is 17.1 Å². The van der Waals surface area contributed by atoms with Gasteiger partial charge in [0, 0.05) is 49.9 Å². The van der Waals surface area contributed by atoms with Crippen LogP contribution in [-0.4, -0.2) is 0 Å². The van der Waals surface area contributed by atoms with E-state index >= 15 is 0 Å². The number of furan rings is 1. The fourth-order valence-electron chi connectivity index (χ4n) is 10.5. The molecule has 1 aliphatic heterocycles. The maximum Gasteiger partial charge on any atom is 0.140 e. The predicted molar refractivity (Wildman–Crippen MR) is 254 cm³/mol. The molecule has 0 amide bonds. The van der Waals surface area contributed by atoms with Crippen molar-refractivity contribution in [2.45, 2.75) is 5.41 Å². The average molecular weight is 792 g/mol. The van der Waals surface area contributed by atoms with E-state index in [9.17, 15) is 0 Å². The molecule has 0 bridgehead atoms. The second-order valence-corrected chi connectivity index (χ2v) is 16.4. The molecule has 0 atom stereocenters. The summed E-state index contributed by atoms with van der Waals surface area (Å²) in [6.45, 7) is 0. The molecule has 0 N–H and O–H groups in total. The zero-order valence-corrected chi connectivity index (χ0v) is 33.6. The van der Waals surface area contributed by atoms with E-state index in [0.29, 0.717) is 0 Å². The first kappa shape index (κ1) is 34.7. The Bertz CT molecular complexity index is 3500. The number of hydrogen-bond acceptors (Lipinski definition) is 3. The average Bonchev–Trinajstić information content (AvgIpc) is 3.90. The molecule has 290 valence electrons. The second kappa shape index (κ2) is 13.4. The smallest absolute Gasteiger partial charge is 0.140 e. The van der Waals surface area contributed by atoms with Gasteiger partial charge in [-0.25, -0.2) is 0 Å². The van der Waals surface area contributed by atoms with Crippen LogP contribution in [0.5, 0.6) is 11.5 Å². The number of anilines is 3. The monoisotopic (exact) mass is 791 g/mol. The number of hydrogen-bond donors (Lipinski definition) is 0. The largest absolute Gasteiger partial charge is 0.464 e. The third-order valence-corrected chi connectivity index (χ3v) is 13.2. The second-order valence-electron chi connectivity index (χ2n) is 16.4. The summed E-state index contributed by atoms with van der Waals surface area (Å²) in [5.74, 6) is 1.84. The summed E-state index contributed by atoms with van der Waals surface area (Å²) < 4.78 is 13.3. The molecule has 3 heteroatoms. The van der Waals surface area contributed by atoms with Crippen molar-refractivity contribution < 1.29 is 9.15 Å². The van der Waals surface area contributed by atoms with Crippen LogP contribution in [0.25, 0.3) is 65.9 Å². The van der Waals surface area contributed by atoms with E-state index < -0.39 is 5.41 Å². The Balaban J connectivity index is 1.07. The van der Waals surface area contributed by atoms with Gasteiger partial charge in [-0.3, -0.25) is 0 Å². The molecule has 62 heavy (non-hydrogen) atoms. The SMILES string of the molecule is c1ccc(-c2cccc(N(c3cccc(-c4coc5ccccc45)c3)c3ccc4c(c3)-c3ccccc3C43c4ccc5ccccc5c4Oc4c3ccc3ccccc43)c2)cc1. The predicted octanol–water partition coefficient (Wildman–Crippen LogP) is 16.0. The minimum atomic E-state index is -0.623. The highest BCUT2D eigenvalue weighted by atomic mass is 16.5. The van der Waals surface area contributed by atoms with Gasteiger partial charge in [0.25, 0.3) is 0 Å². The number of ether oxygens (including phenoxy) is 1. The number of nitrogens with zero attached hydrogens (tertiary/aromatic N) is 1. The zero-order chi connectivity index (χ0) is 40.8. The minimum Gasteiger partial charge on any atom is -0.464 e. The molecule has 0 unspecified atom stereocenters. The van der Waals surface area contributed by atoms with Crippen molar-refractivity contribution in [3.63, 3.8) is 0 Å². The molecule has 13 rings (SSSR count). The molecular formula is C59H37NO2. The van der Waals surface area contributed by atoms with Crippen LogP contribution in [0.15, 0.2) is 229 Å². The third kappa shape index (κ3) is 5.00. The summed E-state index contributed by atoms with van der Waals surface area (Å²) in [6.07, 6.45) is 1.88. The first-order valence-corrected chi connectivity index (χ1v) is 21.2. The number of fused-ring (bicyclic) bond motifs is 14. The Morgan fingerprint density at radius 1 is 0.339 bits per heavy atom. The van der Waals surface area contributed by atoms with Crippen LogP contribution >= 0.6 is 0 Å². The van der Waals surface area contributed by atoms with Crippen LogP contribution in [0.1, 0.15) is 22.3 Å². The molecule has 1 aromatic heterocycles. The van der Waals surface area contributed by atoms with E-state index in [1.54, 1.807) is 0 Å². The standard InChI is InChI=1S/C59H37NO2/c1-2-14-38(15-3-1)41-18-12-20-43(34-41)60(44-21-13-19-42(35-44)51-37-61-56-27-11-9-25-49(51)56)45-30-33-53-50(36-45)48-24-8-10-26-52(48)59(53)54-31-28-39-16-4-6-22-46(39)57(54)62-58-47-23-7-5-17-40(47)29-32-55(58)59/h1-37H. The molecular weight excluding hydrogens is 755 g/mol. The summed E-state index contributed by atoms with van der Waals surface area (Å²) in [7, 11) is 0. The van der Waals surface area contributed by atoms with Crippen LogP contribution in [0.3, 0.4) is 0 Å². The molecule has 2 heterocycles. The number of rotatable bonds is 5. The number of para-hydroxylation sites is 1. The van der Waals surface area contributed by atoms with Crippen molar-refractivity contribution in [2.75, 3.05) is 4.90 Å². The molecule has 0 fully saturated rings. The van der Waals surface area contributed by atoms with Crippen molar-refractivity contribution >= 4 is 49.6 Å². The van der Waals surface area contributed by atoms with E-state index in [0.717, 1.165) is 88.9 Å². The lowest BCUT2D eigenvalue weighted by Crippen LogP contribution is -2.32. The van der Waals surface area contributed by atoms with Crippen molar-refractivity contribution in [1.29, 1.82) is 0 Å². The van der Waals surface area contributed by atoms with E-state index in [4.69, 9.17) is 9.15 Å². The van der Waals surface area contributed by atoms with Crippen LogP contribution in [-0.2, 0) is 5.41 Å². The maximum absolute atomic E-state index is 7.20. The van der Waals surface area contributed by atoms with E-state index in [2.05, 4.69) is 211 Å². The number of benzene rings is 10. The summed E-state index contributed by atoms with van der Waals surface area (Å²) in [6, 6.07) is 79.0. The van der Waals surface area contributed by atoms with Gasteiger partial charge in [-0.05, 0) is 92.2 Å². The molecule has 11 aromatic rings. The van der Waals surface area contributed by atoms with Crippen LogP contribution in [0, 0.1) is 0 Å². The Morgan fingerprint density at radius 2 is 0.887 bits per heavy atom. The first-order chi connectivity index (χ1) is 30.7. The molecule has 0 saturated heterocycles. The fourth-order valence-corrected chi connectivity index (χ4v) is 10.5. The van der Waals surface area contributed by atoms with Gasteiger partial charge in [0.05, 0.1) is 11.7 Å². The summed E-state index contributed by atoms with van der Waals surface area (Å²) >= 11 is 0. The van der Waals surface area contributed by atoms with Gasteiger partial charge in [0.15, 0.2) is 0 Å². The zero-order valence-electron chi connectivity index (χ0n) is 33.6. The normalized spacial score (nSPS) is 13.1. The van der Waals surface area contributed by atoms with Crippen LogP contribution in [0.2, 0.25) is 0 Å². The van der Waals surface area contributed by atoms with Gasteiger partial charge >= 0.3 is 0 Å². The van der Waals surface area contributed by atoms with Crippen LogP contribution < -0.4 is 9.64 Å². The Hall–Kier alpha value is -8.14. The lowest BCUT2D eigenvalue weighted by molar-refractivity contribution is 0.447. The fraction of sp³-hybridized carbons (Fsp3) is 0.0169. The highest BCUT2D eigenvalue weighted by Gasteiger charge is 2.52. The van der Waals surface area contributed by atoms with Crippen molar-refractivity contribution in [1.82, 2.24) is 0 Å². The summed E-state index contributed by atoms with van der Waals surface area (Å²) in [4.78, 5) is 2.40. The molecule has 2 aliphatic rings. The topological polar surface area (TPSA) is 25.6 Å².